The molecule has 7 heteroatoms. The third-order valence-electron chi connectivity index (χ3n) is 9.82. The molecule has 1 fully saturated rings. The lowest BCUT2D eigenvalue weighted by molar-refractivity contribution is -0.122. The Kier molecular flexibility index (Phi) is 8.01. The van der Waals surface area contributed by atoms with Gasteiger partial charge in [-0.05, 0) is 64.9 Å². The molecule has 1 N–H and O–H groups in total. The van der Waals surface area contributed by atoms with Crippen molar-refractivity contribution in [2.45, 2.75) is 31.3 Å². The molecule has 1 saturated heterocycles. The average molecular weight is 646 g/mol. The predicted octanol–water partition coefficient (Wildman–Crippen LogP) is 7.81. The van der Waals surface area contributed by atoms with Crippen LogP contribution in [0.1, 0.15) is 58.1 Å². The first-order valence-corrected chi connectivity index (χ1v) is 16.7. The van der Waals surface area contributed by atoms with E-state index in [1.165, 1.54) is 22.9 Å². The molecule has 8 rings (SSSR count). The maximum Gasteiger partial charge on any atom is 0.335 e. The Balaban J connectivity index is 1.22. The summed E-state index contributed by atoms with van der Waals surface area (Å²) in [4.78, 5) is 44.8. The molecule has 0 spiro atoms. The van der Waals surface area contributed by atoms with Crippen molar-refractivity contribution in [2.75, 3.05) is 22.9 Å². The Labute approximate surface area is 285 Å². The SMILES string of the molecule is O=C1NC(=O)N(c2cc3c4c(c2)[C@@H](c2ccccc2)CCN4CC[C@@H]3c2ccccc2)C(=O)/C1=C/c1ccccc1OCc1ccccc1. The molecule has 0 aromatic heterocycles. The molecule has 242 valence electrons. The fourth-order valence-corrected chi connectivity index (χ4v) is 7.48. The molecule has 5 aromatic carbocycles. The fraction of sp³-hybridized carbons (Fsp3) is 0.167. The zero-order chi connectivity index (χ0) is 33.3. The zero-order valence-electron chi connectivity index (χ0n) is 26.9. The molecule has 5 aromatic rings. The Hall–Kier alpha value is -5.95. The molecule has 0 unspecified atom stereocenters. The summed E-state index contributed by atoms with van der Waals surface area (Å²) in [6, 6.07) is 41.1. The van der Waals surface area contributed by atoms with E-state index in [4.69, 9.17) is 4.74 Å². The Morgan fingerprint density at radius 2 is 1.24 bits per heavy atom. The highest BCUT2D eigenvalue weighted by molar-refractivity contribution is 6.39. The van der Waals surface area contributed by atoms with Crippen molar-refractivity contribution in [3.63, 3.8) is 0 Å². The molecule has 7 nitrogen and oxygen atoms in total. The number of imide groups is 2. The topological polar surface area (TPSA) is 79.0 Å². The first kappa shape index (κ1) is 30.4. The number of hydrogen-bond acceptors (Lipinski definition) is 5. The molecule has 0 aliphatic carbocycles. The minimum Gasteiger partial charge on any atom is -0.488 e. The Morgan fingerprint density at radius 1 is 0.694 bits per heavy atom. The van der Waals surface area contributed by atoms with Crippen molar-refractivity contribution in [3.05, 3.63) is 166 Å². The van der Waals surface area contributed by atoms with E-state index in [9.17, 15) is 14.4 Å². The highest BCUT2D eigenvalue weighted by atomic mass is 16.5. The van der Waals surface area contributed by atoms with E-state index in [0.29, 0.717) is 23.6 Å². The normalized spacial score (nSPS) is 19.4. The molecule has 3 heterocycles. The minimum absolute atomic E-state index is 0.0916. The summed E-state index contributed by atoms with van der Waals surface area (Å²) >= 11 is 0. The van der Waals surface area contributed by atoms with Crippen LogP contribution in [0.15, 0.2) is 133 Å². The maximum absolute atomic E-state index is 14.3. The van der Waals surface area contributed by atoms with Gasteiger partial charge in [0.2, 0.25) is 0 Å². The van der Waals surface area contributed by atoms with Gasteiger partial charge in [-0.1, -0.05) is 109 Å². The molecule has 0 saturated carbocycles. The van der Waals surface area contributed by atoms with Crippen LogP contribution in [0.3, 0.4) is 0 Å². The van der Waals surface area contributed by atoms with E-state index in [1.807, 2.05) is 66.7 Å². The van der Waals surface area contributed by atoms with Crippen LogP contribution < -0.4 is 19.9 Å². The quantitative estimate of drug-likeness (QED) is 0.144. The largest absolute Gasteiger partial charge is 0.488 e. The van der Waals surface area contributed by atoms with E-state index in [0.717, 1.165) is 47.5 Å². The Morgan fingerprint density at radius 3 is 1.86 bits per heavy atom. The maximum atomic E-state index is 14.3. The molecule has 0 bridgehead atoms. The van der Waals surface area contributed by atoms with Gasteiger partial charge in [-0.15, -0.1) is 0 Å². The second-order valence-electron chi connectivity index (χ2n) is 12.7. The highest BCUT2D eigenvalue weighted by Crippen LogP contribution is 2.50. The van der Waals surface area contributed by atoms with E-state index in [1.54, 1.807) is 12.1 Å². The number of anilines is 2. The molecule has 4 amide bonds. The summed E-state index contributed by atoms with van der Waals surface area (Å²) in [5.74, 6) is -0.700. The van der Waals surface area contributed by atoms with Crippen LogP contribution in [-0.2, 0) is 16.2 Å². The molecule has 3 aliphatic rings. The number of nitrogens with zero attached hydrogens (tertiary/aromatic N) is 2. The van der Waals surface area contributed by atoms with Gasteiger partial charge in [-0.3, -0.25) is 14.9 Å². The van der Waals surface area contributed by atoms with Gasteiger partial charge in [-0.25, -0.2) is 9.69 Å². The lowest BCUT2D eigenvalue weighted by Gasteiger charge is -2.44. The van der Waals surface area contributed by atoms with Crippen LogP contribution in [-0.4, -0.2) is 30.9 Å². The van der Waals surface area contributed by atoms with Gasteiger partial charge in [0.05, 0.1) is 5.69 Å². The van der Waals surface area contributed by atoms with Crippen molar-refractivity contribution in [1.82, 2.24) is 5.32 Å². The summed E-state index contributed by atoms with van der Waals surface area (Å²) in [6.45, 7) is 2.18. The van der Waals surface area contributed by atoms with Gasteiger partial charge >= 0.3 is 6.03 Å². The monoisotopic (exact) mass is 645 g/mol. The van der Waals surface area contributed by atoms with Crippen molar-refractivity contribution >= 4 is 35.3 Å². The standard InChI is InChI=1S/C42H35N3O4/c46-40-37(24-31-18-10-11-19-38(31)49-27-28-12-4-1-5-13-28)41(47)45(42(48)43-40)32-25-35-33(29-14-6-2-7-15-29)20-22-44-23-21-34(36(26-32)39(35)44)30-16-8-3-9-17-30/h1-19,24-26,33-34H,20-23,27H2,(H,43,46,48)/b37-24+/t33-,34-/m1/s1. The number of urea groups is 1. The minimum atomic E-state index is -0.760. The number of nitrogens with one attached hydrogen (secondary N) is 1. The number of ether oxygens (including phenoxy) is 1. The number of carbonyl (C=O) groups excluding carboxylic acids is 3. The molecule has 0 radical (unpaired) electrons. The molecule has 2 atom stereocenters. The number of rotatable bonds is 7. The summed E-state index contributed by atoms with van der Waals surface area (Å²) in [7, 11) is 0. The van der Waals surface area contributed by atoms with Gasteiger partial charge in [0.15, 0.2) is 0 Å². The van der Waals surface area contributed by atoms with Crippen LogP contribution >= 0.6 is 0 Å². The van der Waals surface area contributed by atoms with Crippen LogP contribution in [0.5, 0.6) is 5.75 Å². The molecule has 49 heavy (non-hydrogen) atoms. The predicted molar refractivity (Wildman–Crippen MR) is 191 cm³/mol. The third kappa shape index (κ3) is 5.78. The number of carbonyl (C=O) groups is 3. The zero-order valence-corrected chi connectivity index (χ0v) is 26.9. The van der Waals surface area contributed by atoms with E-state index in [-0.39, 0.29) is 17.4 Å². The lowest BCUT2D eigenvalue weighted by atomic mass is 9.76. The lowest BCUT2D eigenvalue weighted by Crippen LogP contribution is -2.54. The van der Waals surface area contributed by atoms with Gasteiger partial charge in [0.1, 0.15) is 17.9 Å². The van der Waals surface area contributed by atoms with E-state index >= 15 is 0 Å². The first-order chi connectivity index (χ1) is 24.0. The van der Waals surface area contributed by atoms with Crippen molar-refractivity contribution in [3.8, 4) is 5.75 Å². The Bertz CT molecular complexity index is 2010. The average Bonchev–Trinajstić information content (AvgIpc) is 3.14. The number of barbiturate groups is 1. The number of amides is 4. The van der Waals surface area contributed by atoms with Crippen molar-refractivity contribution < 1.29 is 19.1 Å². The first-order valence-electron chi connectivity index (χ1n) is 16.7. The van der Waals surface area contributed by atoms with Crippen LogP contribution in [0.4, 0.5) is 16.2 Å². The highest BCUT2D eigenvalue weighted by Gasteiger charge is 2.40. The molecular weight excluding hydrogens is 610 g/mol. The second-order valence-corrected chi connectivity index (χ2v) is 12.7. The second kappa shape index (κ2) is 12.9. The van der Waals surface area contributed by atoms with Gasteiger partial charge < -0.3 is 9.64 Å². The van der Waals surface area contributed by atoms with Crippen LogP contribution in [0, 0.1) is 0 Å². The van der Waals surface area contributed by atoms with Gasteiger partial charge in [0, 0.05) is 36.2 Å². The number of hydrogen-bond donors (Lipinski definition) is 1. The van der Waals surface area contributed by atoms with Crippen LogP contribution in [0.2, 0.25) is 0 Å². The summed E-state index contributed by atoms with van der Waals surface area (Å²) in [5, 5.41) is 2.44. The summed E-state index contributed by atoms with van der Waals surface area (Å²) in [5.41, 5.74) is 7.63. The van der Waals surface area contributed by atoms with E-state index < -0.39 is 17.8 Å². The number of benzene rings is 5. The van der Waals surface area contributed by atoms with Gasteiger partial charge in [0.25, 0.3) is 11.8 Å². The van der Waals surface area contributed by atoms with Crippen molar-refractivity contribution in [2.24, 2.45) is 0 Å². The third-order valence-corrected chi connectivity index (χ3v) is 9.82. The summed E-state index contributed by atoms with van der Waals surface area (Å²) < 4.78 is 6.11. The number of para-hydroxylation sites is 1. The smallest absolute Gasteiger partial charge is 0.335 e. The molecule has 3 aliphatic heterocycles. The summed E-state index contributed by atoms with van der Waals surface area (Å²) in [6.07, 6.45) is 3.35. The van der Waals surface area contributed by atoms with Crippen LogP contribution in [0.25, 0.3) is 6.08 Å². The van der Waals surface area contributed by atoms with Gasteiger partial charge in [-0.2, -0.15) is 0 Å². The van der Waals surface area contributed by atoms with E-state index in [2.05, 4.69) is 58.7 Å². The molecular formula is C42H35N3O4. The fourth-order valence-electron chi connectivity index (χ4n) is 7.48. The van der Waals surface area contributed by atoms with Crippen molar-refractivity contribution in [1.29, 1.82) is 0 Å².